The van der Waals surface area contributed by atoms with Crippen LogP contribution in [0.5, 0.6) is 0 Å². The second-order valence-corrected chi connectivity index (χ2v) is 0.519. The van der Waals surface area contributed by atoms with Gasteiger partial charge in [0.2, 0.25) is 0 Å². The van der Waals surface area contributed by atoms with Crippen LogP contribution in [0.15, 0.2) is 0 Å². The normalized spacial score (nSPS) is 4.17. The van der Waals surface area contributed by atoms with Crippen molar-refractivity contribution in [3.8, 4) is 0 Å². The molecule has 0 aromatic carbocycles. The number of hydrogen-bond acceptors (Lipinski definition) is 2. The summed E-state index contributed by atoms with van der Waals surface area (Å²) < 4.78 is 0. The maximum absolute atomic E-state index is 9.00. The van der Waals surface area contributed by atoms with Gasteiger partial charge in [0.05, 0.1) is 0 Å². The molecule has 0 aromatic rings. The summed E-state index contributed by atoms with van der Waals surface area (Å²) in [6.07, 6.45) is 0. The first-order valence-corrected chi connectivity index (χ1v) is 0.928. The maximum Gasteiger partial charge on any atom is 0.300 e. The molecule has 0 aliphatic rings. The summed E-state index contributed by atoms with van der Waals surface area (Å²) in [7, 11) is 0. The molecule has 6 heavy (non-hydrogen) atoms. The number of rotatable bonds is 0. The fourth-order valence-electron chi connectivity index (χ4n) is 0. The minimum atomic E-state index is -0.833. The first-order chi connectivity index (χ1) is 1.73. The molecule has 0 aromatic heterocycles. The van der Waals surface area contributed by atoms with E-state index in [0.717, 1.165) is 6.92 Å². The molecule has 0 amide bonds. The van der Waals surface area contributed by atoms with Crippen LogP contribution in [0, 0.1) is 0 Å². The van der Waals surface area contributed by atoms with Crippen LogP contribution in [0.4, 0.5) is 0 Å². The number of aliphatic carboxylic acids is 1. The van der Waals surface area contributed by atoms with Crippen molar-refractivity contribution in [1.82, 2.24) is 6.15 Å². The van der Waals surface area contributed by atoms with Gasteiger partial charge >= 0.3 is 0 Å². The summed E-state index contributed by atoms with van der Waals surface area (Å²) in [6.45, 7) is 1.08. The van der Waals surface area contributed by atoms with Crippen molar-refractivity contribution in [2.45, 2.75) is 6.92 Å². The fraction of sp³-hybridized carbons (Fsp3) is 0.500. The van der Waals surface area contributed by atoms with E-state index in [-0.39, 0.29) is 35.7 Å². The molecule has 0 spiro atoms. The van der Waals surface area contributed by atoms with E-state index in [0.29, 0.717) is 0 Å². The van der Waals surface area contributed by atoms with Crippen molar-refractivity contribution < 1.29 is 9.90 Å². The Hall–Kier alpha value is 0.430. The average Bonchev–Trinajstić information content (AvgIpc) is 0.811. The van der Waals surface area contributed by atoms with Gasteiger partial charge < -0.3 is 11.3 Å². The maximum atomic E-state index is 9.00. The fourth-order valence-corrected chi connectivity index (χ4v) is 0. The molecule has 33 valence electrons. The van der Waals surface area contributed by atoms with Crippen LogP contribution in [-0.4, -0.2) is 40.6 Å². The van der Waals surface area contributed by atoms with Crippen molar-refractivity contribution >= 4 is 35.5 Å². The summed E-state index contributed by atoms with van der Waals surface area (Å²) >= 11 is 0. The van der Waals surface area contributed by atoms with E-state index in [1.807, 2.05) is 0 Å². The summed E-state index contributed by atoms with van der Waals surface area (Å²) in [6, 6.07) is 0. The average molecular weight is 100 g/mol. The molecule has 0 unspecified atom stereocenters. The molecule has 0 saturated carbocycles. The largest absolute Gasteiger partial charge is 0.481 e. The van der Waals surface area contributed by atoms with E-state index in [1.165, 1.54) is 0 Å². The molecule has 0 atom stereocenters. The van der Waals surface area contributed by atoms with E-state index in [4.69, 9.17) is 9.90 Å². The summed E-state index contributed by atoms with van der Waals surface area (Å²) in [5.74, 6) is -0.833. The number of carboxylic acid groups (broad SMARTS) is 1. The number of hydrogen-bond donors (Lipinski definition) is 2. The van der Waals surface area contributed by atoms with E-state index in [2.05, 4.69) is 0 Å². The van der Waals surface area contributed by atoms with Gasteiger partial charge in [0.25, 0.3) is 5.97 Å². The van der Waals surface area contributed by atoms with Crippen molar-refractivity contribution in [3.63, 3.8) is 0 Å². The van der Waals surface area contributed by atoms with Gasteiger partial charge in [0.1, 0.15) is 0 Å². The Morgan fingerprint density at radius 2 is 1.67 bits per heavy atom. The Morgan fingerprint density at radius 1 is 1.67 bits per heavy atom. The van der Waals surface area contributed by atoms with Gasteiger partial charge in [0.15, 0.2) is 0 Å². The predicted molar refractivity (Wildman–Crippen MR) is 24.1 cm³/mol. The van der Waals surface area contributed by atoms with E-state index in [9.17, 15) is 0 Å². The number of carboxylic acids is 1. The molecule has 3 nitrogen and oxygen atoms in total. The zero-order valence-corrected chi connectivity index (χ0v) is 6.06. The molecular formula is C2H7NNaO2. The zero-order valence-electron chi connectivity index (χ0n) is 4.06. The Labute approximate surface area is 58.6 Å². The van der Waals surface area contributed by atoms with Gasteiger partial charge in [-0.05, 0) is 0 Å². The van der Waals surface area contributed by atoms with Crippen molar-refractivity contribution in [2.24, 2.45) is 0 Å². The minimum Gasteiger partial charge on any atom is -0.481 e. The molecule has 0 fully saturated rings. The molecule has 0 saturated heterocycles. The van der Waals surface area contributed by atoms with Crippen LogP contribution in [0.1, 0.15) is 6.92 Å². The first kappa shape index (κ1) is 16.1. The van der Waals surface area contributed by atoms with Gasteiger partial charge in [-0.3, -0.25) is 4.79 Å². The zero-order chi connectivity index (χ0) is 3.58. The standard InChI is InChI=1S/C2H4O2.H3N.Na/c1-2(3)4;;/h1H3,(H,3,4);1H3;. The third-order valence-corrected chi connectivity index (χ3v) is 0. The van der Waals surface area contributed by atoms with Crippen molar-refractivity contribution in [1.29, 1.82) is 0 Å². The van der Waals surface area contributed by atoms with Crippen LogP contribution < -0.4 is 6.15 Å². The van der Waals surface area contributed by atoms with Crippen molar-refractivity contribution in [2.75, 3.05) is 0 Å². The smallest absolute Gasteiger partial charge is 0.300 e. The Balaban J connectivity index is -0.0000000450. The third-order valence-electron chi connectivity index (χ3n) is 0. The molecule has 4 heteroatoms. The summed E-state index contributed by atoms with van der Waals surface area (Å²) in [5.41, 5.74) is 0. The molecule has 1 radical (unpaired) electrons. The monoisotopic (exact) mass is 100 g/mol. The molecule has 0 aliphatic heterocycles. The Bertz CT molecular complexity index is 34.5. The Morgan fingerprint density at radius 3 is 1.67 bits per heavy atom. The topological polar surface area (TPSA) is 72.3 Å². The Kier molecular flexibility index (Phi) is 24.3. The van der Waals surface area contributed by atoms with Crippen LogP contribution in [0.25, 0.3) is 0 Å². The van der Waals surface area contributed by atoms with E-state index < -0.39 is 5.97 Å². The van der Waals surface area contributed by atoms with Gasteiger partial charge in [-0.2, -0.15) is 0 Å². The van der Waals surface area contributed by atoms with Crippen LogP contribution in [-0.2, 0) is 4.79 Å². The summed E-state index contributed by atoms with van der Waals surface area (Å²) in [4.78, 5) is 9.00. The minimum absolute atomic E-state index is 0. The van der Waals surface area contributed by atoms with Crippen LogP contribution >= 0.6 is 0 Å². The third kappa shape index (κ3) is 282. The van der Waals surface area contributed by atoms with Crippen LogP contribution in [0.3, 0.4) is 0 Å². The number of carbonyl (C=O) groups is 1. The van der Waals surface area contributed by atoms with Gasteiger partial charge in [-0.25, -0.2) is 0 Å². The molecule has 0 aliphatic carbocycles. The molecular weight excluding hydrogens is 93.0 g/mol. The first-order valence-electron chi connectivity index (χ1n) is 0.928. The predicted octanol–water partition coefficient (Wildman–Crippen LogP) is -0.128. The SMILES string of the molecule is CC(=O)O.N.[Na]. The molecule has 0 heterocycles. The quantitative estimate of drug-likeness (QED) is 0.416. The van der Waals surface area contributed by atoms with E-state index in [1.54, 1.807) is 0 Å². The second kappa shape index (κ2) is 9.06. The van der Waals surface area contributed by atoms with Gasteiger partial charge in [-0.15, -0.1) is 0 Å². The van der Waals surface area contributed by atoms with Gasteiger partial charge in [-0.1, -0.05) is 0 Å². The molecule has 0 rings (SSSR count). The summed E-state index contributed by atoms with van der Waals surface area (Å²) in [5, 5.41) is 7.42. The second-order valence-electron chi connectivity index (χ2n) is 0.519. The van der Waals surface area contributed by atoms with Crippen molar-refractivity contribution in [3.05, 3.63) is 0 Å². The molecule has 0 bridgehead atoms. The van der Waals surface area contributed by atoms with Gasteiger partial charge in [0, 0.05) is 36.5 Å². The van der Waals surface area contributed by atoms with E-state index >= 15 is 0 Å². The van der Waals surface area contributed by atoms with Crippen LogP contribution in [0.2, 0.25) is 0 Å². The molecule has 4 N–H and O–H groups in total.